The van der Waals surface area contributed by atoms with E-state index in [-0.39, 0.29) is 18.3 Å². The van der Waals surface area contributed by atoms with Gasteiger partial charge < -0.3 is 10.6 Å². The van der Waals surface area contributed by atoms with E-state index in [0.29, 0.717) is 18.2 Å². The second-order valence-electron chi connectivity index (χ2n) is 5.42. The van der Waals surface area contributed by atoms with Crippen LogP contribution in [0.4, 0.5) is 0 Å². The maximum atomic E-state index is 11.3. The lowest BCUT2D eigenvalue weighted by Gasteiger charge is -2.31. The van der Waals surface area contributed by atoms with E-state index >= 15 is 0 Å². The van der Waals surface area contributed by atoms with Crippen LogP contribution in [0.1, 0.15) is 24.0 Å². The van der Waals surface area contributed by atoms with E-state index in [2.05, 4.69) is 21.6 Å². The van der Waals surface area contributed by atoms with Crippen molar-refractivity contribution in [3.05, 3.63) is 35.4 Å². The molecule has 0 aliphatic carbocycles. The van der Waals surface area contributed by atoms with Gasteiger partial charge >= 0.3 is 0 Å². The van der Waals surface area contributed by atoms with Crippen molar-refractivity contribution in [1.29, 1.82) is 5.26 Å². The van der Waals surface area contributed by atoms with Gasteiger partial charge in [-0.3, -0.25) is 9.69 Å². The van der Waals surface area contributed by atoms with Crippen molar-refractivity contribution in [2.75, 3.05) is 26.7 Å². The molecule has 1 aromatic carbocycles. The zero-order valence-corrected chi connectivity index (χ0v) is 13.7. The summed E-state index contributed by atoms with van der Waals surface area (Å²) in [7, 11) is 1.67. The number of nitriles is 1. The highest BCUT2D eigenvalue weighted by atomic mass is 35.5. The van der Waals surface area contributed by atoms with Crippen molar-refractivity contribution in [2.24, 2.45) is 0 Å². The summed E-state index contributed by atoms with van der Waals surface area (Å²) in [5.41, 5.74) is 1.84. The van der Waals surface area contributed by atoms with E-state index in [9.17, 15) is 4.79 Å². The van der Waals surface area contributed by atoms with Gasteiger partial charge in [-0.2, -0.15) is 5.26 Å². The fraction of sp³-hybridized carbons (Fsp3) is 0.500. The van der Waals surface area contributed by atoms with E-state index in [1.54, 1.807) is 7.05 Å². The molecular weight excluding hydrogens is 300 g/mol. The standard InChI is InChI=1S/C16H22N4O.ClH/c1-18-16(21)12-20-7-5-15(6-8-20)19-11-14-4-2-3-13(9-14)10-17;/h2-4,9,15,19H,5-8,11-12H2,1H3,(H,18,21);1H. The largest absolute Gasteiger partial charge is 0.358 e. The second kappa shape index (κ2) is 9.42. The van der Waals surface area contributed by atoms with Gasteiger partial charge in [0.25, 0.3) is 0 Å². The molecule has 1 aliphatic heterocycles. The number of benzene rings is 1. The molecule has 0 atom stereocenters. The molecule has 0 radical (unpaired) electrons. The quantitative estimate of drug-likeness (QED) is 0.857. The van der Waals surface area contributed by atoms with Gasteiger partial charge in [0.2, 0.25) is 5.91 Å². The maximum absolute atomic E-state index is 11.3. The third kappa shape index (κ3) is 5.64. The molecule has 6 heteroatoms. The smallest absolute Gasteiger partial charge is 0.233 e. The summed E-state index contributed by atoms with van der Waals surface area (Å²) in [5.74, 6) is 0.0785. The Morgan fingerprint density at radius 3 is 2.77 bits per heavy atom. The number of rotatable bonds is 5. The first-order chi connectivity index (χ1) is 10.2. The topological polar surface area (TPSA) is 68.2 Å². The van der Waals surface area contributed by atoms with Crippen molar-refractivity contribution in [3.63, 3.8) is 0 Å². The molecule has 1 heterocycles. The summed E-state index contributed by atoms with van der Waals surface area (Å²) in [5, 5.41) is 15.1. The minimum absolute atomic E-state index is 0. The molecule has 2 rings (SSSR count). The minimum Gasteiger partial charge on any atom is -0.358 e. The van der Waals surface area contributed by atoms with Crippen LogP contribution < -0.4 is 10.6 Å². The summed E-state index contributed by atoms with van der Waals surface area (Å²) in [6, 6.07) is 10.3. The van der Waals surface area contributed by atoms with Crippen LogP contribution in [0.2, 0.25) is 0 Å². The van der Waals surface area contributed by atoms with Crippen LogP contribution in [0.3, 0.4) is 0 Å². The number of likely N-dealkylation sites (tertiary alicyclic amines) is 1. The normalized spacial score (nSPS) is 15.6. The van der Waals surface area contributed by atoms with Crippen LogP contribution in [0.25, 0.3) is 0 Å². The first kappa shape index (κ1) is 18.4. The number of hydrogen-bond donors (Lipinski definition) is 2. The molecule has 0 saturated carbocycles. The molecule has 2 N–H and O–H groups in total. The Morgan fingerprint density at radius 1 is 1.41 bits per heavy atom. The molecule has 1 aromatic rings. The highest BCUT2D eigenvalue weighted by molar-refractivity contribution is 5.85. The van der Waals surface area contributed by atoms with Crippen LogP contribution in [-0.4, -0.2) is 43.5 Å². The fourth-order valence-electron chi connectivity index (χ4n) is 2.59. The summed E-state index contributed by atoms with van der Waals surface area (Å²) < 4.78 is 0. The summed E-state index contributed by atoms with van der Waals surface area (Å²) in [4.78, 5) is 13.5. The van der Waals surface area contributed by atoms with Crippen molar-refractivity contribution < 1.29 is 4.79 Å². The summed E-state index contributed by atoms with van der Waals surface area (Å²) in [6.07, 6.45) is 2.10. The van der Waals surface area contributed by atoms with Crippen molar-refractivity contribution >= 4 is 18.3 Å². The Morgan fingerprint density at radius 2 is 2.14 bits per heavy atom. The number of nitrogens with zero attached hydrogens (tertiary/aromatic N) is 2. The Balaban J connectivity index is 0.00000242. The number of likely N-dealkylation sites (N-methyl/N-ethyl adjacent to an activating group) is 1. The third-order valence-corrected chi connectivity index (χ3v) is 3.88. The van der Waals surface area contributed by atoms with Gasteiger partial charge in [0.15, 0.2) is 0 Å². The third-order valence-electron chi connectivity index (χ3n) is 3.88. The Kier molecular flexibility index (Phi) is 7.89. The van der Waals surface area contributed by atoms with Gasteiger partial charge in [-0.25, -0.2) is 0 Å². The van der Waals surface area contributed by atoms with Gasteiger partial charge in [-0.15, -0.1) is 12.4 Å². The average Bonchev–Trinajstić information content (AvgIpc) is 2.54. The molecule has 0 aromatic heterocycles. The van der Waals surface area contributed by atoms with E-state index in [0.717, 1.165) is 38.0 Å². The van der Waals surface area contributed by atoms with Crippen molar-refractivity contribution in [3.8, 4) is 6.07 Å². The van der Waals surface area contributed by atoms with Crippen LogP contribution in [0.5, 0.6) is 0 Å². The van der Waals surface area contributed by atoms with Crippen molar-refractivity contribution in [1.82, 2.24) is 15.5 Å². The van der Waals surface area contributed by atoms with Gasteiger partial charge in [-0.1, -0.05) is 12.1 Å². The highest BCUT2D eigenvalue weighted by Crippen LogP contribution is 2.11. The van der Waals surface area contributed by atoms with Gasteiger partial charge in [-0.05, 0) is 30.5 Å². The van der Waals surface area contributed by atoms with Crippen LogP contribution >= 0.6 is 12.4 Å². The number of amides is 1. The van der Waals surface area contributed by atoms with Crippen LogP contribution in [-0.2, 0) is 11.3 Å². The predicted octanol–water partition coefficient (Wildman–Crippen LogP) is 1.28. The van der Waals surface area contributed by atoms with Gasteiger partial charge in [0, 0.05) is 32.7 Å². The molecule has 0 bridgehead atoms. The molecule has 1 saturated heterocycles. The Bertz CT molecular complexity index is 521. The minimum atomic E-state index is 0. The molecular formula is C16H23ClN4O. The SMILES string of the molecule is CNC(=O)CN1CCC(NCc2cccc(C#N)c2)CC1.Cl. The molecule has 5 nitrogen and oxygen atoms in total. The molecule has 1 aliphatic rings. The first-order valence-electron chi connectivity index (χ1n) is 7.36. The molecule has 22 heavy (non-hydrogen) atoms. The van der Waals surface area contributed by atoms with Gasteiger partial charge in [0.1, 0.15) is 0 Å². The van der Waals surface area contributed by atoms with Crippen LogP contribution in [0, 0.1) is 11.3 Å². The maximum Gasteiger partial charge on any atom is 0.233 e. The zero-order chi connectivity index (χ0) is 15.1. The number of piperidine rings is 1. The predicted molar refractivity (Wildman–Crippen MR) is 88.8 cm³/mol. The van der Waals surface area contributed by atoms with E-state index in [4.69, 9.17) is 5.26 Å². The van der Waals surface area contributed by atoms with Crippen molar-refractivity contribution in [2.45, 2.75) is 25.4 Å². The lowest BCUT2D eigenvalue weighted by atomic mass is 10.0. The lowest BCUT2D eigenvalue weighted by molar-refractivity contribution is -0.122. The summed E-state index contributed by atoms with van der Waals surface area (Å²) in [6.45, 7) is 3.18. The molecule has 0 spiro atoms. The monoisotopic (exact) mass is 322 g/mol. The van der Waals surface area contributed by atoms with Crippen LogP contribution in [0.15, 0.2) is 24.3 Å². The molecule has 120 valence electrons. The highest BCUT2D eigenvalue weighted by Gasteiger charge is 2.19. The van der Waals surface area contributed by atoms with Gasteiger partial charge in [0.05, 0.1) is 18.2 Å². The molecule has 1 fully saturated rings. The van der Waals surface area contributed by atoms with E-state index in [1.807, 2.05) is 24.3 Å². The average molecular weight is 323 g/mol. The number of nitrogens with one attached hydrogen (secondary N) is 2. The zero-order valence-electron chi connectivity index (χ0n) is 12.8. The number of carbonyl (C=O) groups is 1. The molecule has 0 unspecified atom stereocenters. The second-order valence-corrected chi connectivity index (χ2v) is 5.42. The first-order valence-corrected chi connectivity index (χ1v) is 7.36. The number of hydrogen-bond acceptors (Lipinski definition) is 4. The number of carbonyl (C=O) groups excluding carboxylic acids is 1. The fourth-order valence-corrected chi connectivity index (χ4v) is 2.59. The molecule has 1 amide bonds. The lowest BCUT2D eigenvalue weighted by Crippen LogP contribution is -2.45. The van der Waals surface area contributed by atoms with E-state index < -0.39 is 0 Å². The summed E-state index contributed by atoms with van der Waals surface area (Å²) >= 11 is 0. The Labute approximate surface area is 138 Å². The van der Waals surface area contributed by atoms with E-state index in [1.165, 1.54) is 0 Å². The Hall–Kier alpha value is -1.61. The number of halogens is 1.